The van der Waals surface area contributed by atoms with E-state index in [0.29, 0.717) is 0 Å². The van der Waals surface area contributed by atoms with Gasteiger partial charge in [0.2, 0.25) is 0 Å². The Bertz CT molecular complexity index is 280. The lowest BCUT2D eigenvalue weighted by atomic mass is 9.99. The quantitative estimate of drug-likeness (QED) is 0.493. The Morgan fingerprint density at radius 3 is 2.22 bits per heavy atom. The van der Waals surface area contributed by atoms with E-state index in [4.69, 9.17) is 5.11 Å². The number of ether oxygens (including phenoxy) is 2. The Labute approximate surface area is 104 Å². The molecule has 0 bridgehead atoms. The molecule has 4 N–H and O–H groups in total. The highest BCUT2D eigenvalue weighted by Gasteiger charge is 2.50. The Morgan fingerprint density at radius 2 is 1.78 bits per heavy atom. The molecular formula is C8H12ClF3O6. The molecule has 0 aliphatic carbocycles. The van der Waals surface area contributed by atoms with E-state index in [-0.39, 0.29) is 0 Å². The first-order valence-electron chi connectivity index (χ1n) is 4.85. The molecule has 6 atom stereocenters. The molecule has 0 radical (unpaired) electrons. The Balaban J connectivity index is 2.76. The van der Waals surface area contributed by atoms with Crippen molar-refractivity contribution in [2.45, 2.75) is 42.4 Å². The predicted octanol–water partition coefficient (Wildman–Crippen LogP) is -1.07. The van der Waals surface area contributed by atoms with Gasteiger partial charge in [-0.1, -0.05) is 11.6 Å². The third-order valence-corrected chi connectivity index (χ3v) is 2.63. The predicted molar refractivity (Wildman–Crippen MR) is 50.5 cm³/mol. The highest BCUT2D eigenvalue weighted by Crippen LogP contribution is 2.31. The van der Waals surface area contributed by atoms with Crippen LogP contribution in [0.5, 0.6) is 0 Å². The maximum Gasteiger partial charge on any atom is 0.403 e. The largest absolute Gasteiger partial charge is 0.403 e. The first-order chi connectivity index (χ1) is 8.20. The minimum atomic E-state index is -4.46. The van der Waals surface area contributed by atoms with Crippen molar-refractivity contribution in [2.75, 3.05) is 6.61 Å². The summed E-state index contributed by atoms with van der Waals surface area (Å²) in [7, 11) is 0. The van der Waals surface area contributed by atoms with Gasteiger partial charge >= 0.3 is 6.11 Å². The standard InChI is InChI=1S/C8H12ClF3O6/c9-7(10)8(11,12)18-6-5(16)4(15)3(14)2(1-13)17-6/h2-7,13-16H,1H2/t2-,3-,4+,5-,6-,7?/m1/s1. The van der Waals surface area contributed by atoms with Gasteiger partial charge in [-0.05, 0) is 0 Å². The minimum Gasteiger partial charge on any atom is -0.394 e. The number of alkyl halides is 4. The van der Waals surface area contributed by atoms with Gasteiger partial charge in [0.05, 0.1) is 6.61 Å². The van der Waals surface area contributed by atoms with Crippen LogP contribution in [-0.2, 0) is 9.47 Å². The number of hydrogen-bond donors (Lipinski definition) is 4. The lowest BCUT2D eigenvalue weighted by Crippen LogP contribution is -2.60. The van der Waals surface area contributed by atoms with Crippen molar-refractivity contribution in [3.63, 3.8) is 0 Å². The van der Waals surface area contributed by atoms with E-state index in [2.05, 4.69) is 21.1 Å². The van der Waals surface area contributed by atoms with E-state index in [0.717, 1.165) is 0 Å². The van der Waals surface area contributed by atoms with E-state index in [1.807, 2.05) is 0 Å². The highest BCUT2D eigenvalue weighted by atomic mass is 35.5. The molecular weight excluding hydrogens is 285 g/mol. The van der Waals surface area contributed by atoms with Crippen LogP contribution in [0.15, 0.2) is 0 Å². The third kappa shape index (κ3) is 3.23. The molecule has 18 heavy (non-hydrogen) atoms. The average molecular weight is 297 g/mol. The summed E-state index contributed by atoms with van der Waals surface area (Å²) in [6, 6.07) is 0. The number of halogens is 4. The molecule has 1 aliphatic heterocycles. The van der Waals surface area contributed by atoms with Crippen LogP contribution in [0, 0.1) is 0 Å². The van der Waals surface area contributed by atoms with Gasteiger partial charge in [-0.15, -0.1) is 0 Å². The molecule has 1 heterocycles. The SMILES string of the molecule is OC[C@H]1O[C@H](OC(F)(F)C(F)Cl)[C@H](O)[C@@H](O)[C@@H]1O. The van der Waals surface area contributed by atoms with Crippen molar-refractivity contribution in [2.24, 2.45) is 0 Å². The fourth-order valence-corrected chi connectivity index (χ4v) is 1.42. The van der Waals surface area contributed by atoms with E-state index in [9.17, 15) is 28.5 Å². The van der Waals surface area contributed by atoms with E-state index in [1.165, 1.54) is 0 Å². The first kappa shape index (κ1) is 15.9. The molecule has 0 saturated carbocycles. The van der Waals surface area contributed by atoms with E-state index < -0.39 is 49.1 Å². The molecule has 0 aromatic heterocycles. The van der Waals surface area contributed by atoms with Crippen LogP contribution in [0.25, 0.3) is 0 Å². The zero-order valence-electron chi connectivity index (χ0n) is 8.79. The van der Waals surface area contributed by atoms with Crippen LogP contribution in [0.2, 0.25) is 0 Å². The molecule has 0 aromatic rings. The Morgan fingerprint density at radius 1 is 1.22 bits per heavy atom. The number of hydrogen-bond acceptors (Lipinski definition) is 6. The molecule has 1 rings (SSSR count). The summed E-state index contributed by atoms with van der Waals surface area (Å²) in [6.45, 7) is -0.823. The fraction of sp³-hybridized carbons (Fsp3) is 1.00. The lowest BCUT2D eigenvalue weighted by molar-refractivity contribution is -0.382. The number of aliphatic hydroxyl groups excluding tert-OH is 4. The van der Waals surface area contributed by atoms with Gasteiger partial charge in [-0.2, -0.15) is 8.78 Å². The zero-order chi connectivity index (χ0) is 14.1. The maximum absolute atomic E-state index is 12.8. The summed E-state index contributed by atoms with van der Waals surface area (Å²) < 4.78 is 46.4. The van der Waals surface area contributed by atoms with Gasteiger partial charge in [-0.3, -0.25) is 4.74 Å². The summed E-state index contributed by atoms with van der Waals surface area (Å²) in [5, 5.41) is 36.7. The van der Waals surface area contributed by atoms with Crippen LogP contribution in [0.3, 0.4) is 0 Å². The highest BCUT2D eigenvalue weighted by molar-refractivity contribution is 6.20. The summed E-state index contributed by atoms with van der Waals surface area (Å²) in [5.41, 5.74) is -3.19. The van der Waals surface area contributed by atoms with E-state index >= 15 is 0 Å². The molecule has 0 amide bonds. The zero-order valence-corrected chi connectivity index (χ0v) is 9.54. The number of aliphatic hydroxyl groups is 4. The molecule has 1 unspecified atom stereocenters. The fourth-order valence-electron chi connectivity index (χ4n) is 1.37. The summed E-state index contributed by atoms with van der Waals surface area (Å²) >= 11 is 4.53. The molecule has 1 saturated heterocycles. The summed E-state index contributed by atoms with van der Waals surface area (Å²) in [5.74, 6) is 0. The van der Waals surface area contributed by atoms with Crippen LogP contribution in [0.4, 0.5) is 13.2 Å². The van der Waals surface area contributed by atoms with Gasteiger partial charge in [0.1, 0.15) is 24.4 Å². The Hall–Kier alpha value is -0.160. The van der Waals surface area contributed by atoms with Crippen molar-refractivity contribution in [3.8, 4) is 0 Å². The van der Waals surface area contributed by atoms with Gasteiger partial charge in [0.15, 0.2) is 6.29 Å². The van der Waals surface area contributed by atoms with Crippen molar-refractivity contribution in [3.05, 3.63) is 0 Å². The number of rotatable bonds is 4. The second-order valence-corrected chi connectivity index (χ2v) is 4.06. The molecule has 1 fully saturated rings. The van der Waals surface area contributed by atoms with Crippen molar-refractivity contribution in [1.29, 1.82) is 0 Å². The average Bonchev–Trinajstić information content (AvgIpc) is 2.29. The minimum absolute atomic E-state index is 0.823. The molecule has 0 spiro atoms. The second-order valence-electron chi connectivity index (χ2n) is 3.68. The molecule has 1 aliphatic rings. The summed E-state index contributed by atoms with van der Waals surface area (Å²) in [6.07, 6.45) is -13.7. The second kappa shape index (κ2) is 5.87. The van der Waals surface area contributed by atoms with E-state index in [1.54, 1.807) is 0 Å². The maximum atomic E-state index is 12.8. The van der Waals surface area contributed by atoms with Crippen LogP contribution in [0.1, 0.15) is 0 Å². The molecule has 0 aromatic carbocycles. The lowest BCUT2D eigenvalue weighted by Gasteiger charge is -2.40. The van der Waals surface area contributed by atoms with Crippen LogP contribution in [-0.4, -0.2) is 69.5 Å². The van der Waals surface area contributed by atoms with Crippen molar-refractivity contribution in [1.82, 2.24) is 0 Å². The Kier molecular flexibility index (Phi) is 5.18. The van der Waals surface area contributed by atoms with Gasteiger partial charge in [-0.25, -0.2) is 4.39 Å². The third-order valence-electron chi connectivity index (χ3n) is 2.38. The normalized spacial score (nSPS) is 39.7. The monoisotopic (exact) mass is 296 g/mol. The van der Waals surface area contributed by atoms with Crippen molar-refractivity contribution < 1.29 is 43.1 Å². The smallest absolute Gasteiger partial charge is 0.394 e. The molecule has 108 valence electrons. The van der Waals surface area contributed by atoms with Crippen LogP contribution < -0.4 is 0 Å². The van der Waals surface area contributed by atoms with Gasteiger partial charge in [0, 0.05) is 0 Å². The van der Waals surface area contributed by atoms with Gasteiger partial charge in [0.25, 0.3) is 5.63 Å². The molecule has 10 heteroatoms. The first-order valence-corrected chi connectivity index (χ1v) is 5.28. The van der Waals surface area contributed by atoms with Crippen molar-refractivity contribution >= 4 is 11.6 Å². The summed E-state index contributed by atoms with van der Waals surface area (Å²) in [4.78, 5) is 0. The molecule has 6 nitrogen and oxygen atoms in total. The topological polar surface area (TPSA) is 99.4 Å². The van der Waals surface area contributed by atoms with Crippen LogP contribution >= 0.6 is 11.6 Å². The van der Waals surface area contributed by atoms with Gasteiger partial charge < -0.3 is 25.2 Å².